The van der Waals surface area contributed by atoms with Gasteiger partial charge in [-0.2, -0.15) is 0 Å². The molecule has 1 aromatic heterocycles. The Morgan fingerprint density at radius 3 is 2.81 bits per heavy atom. The van der Waals surface area contributed by atoms with Crippen molar-refractivity contribution in [3.8, 4) is 0 Å². The van der Waals surface area contributed by atoms with Gasteiger partial charge in [-0.15, -0.1) is 0 Å². The van der Waals surface area contributed by atoms with E-state index >= 15 is 0 Å². The molecule has 1 heterocycles. The van der Waals surface area contributed by atoms with Crippen molar-refractivity contribution in [3.05, 3.63) is 29.0 Å². The highest BCUT2D eigenvalue weighted by Gasteiger charge is 2.41. The molecule has 1 saturated carbocycles. The first kappa shape index (κ1) is 16.7. The predicted octanol–water partition coefficient (Wildman–Crippen LogP) is 3.09. The molecule has 1 aliphatic carbocycles. The van der Waals surface area contributed by atoms with Crippen LogP contribution in [0.4, 0.5) is 0 Å². The largest absolute Gasteiger partial charge is 0.374 e. The van der Waals surface area contributed by atoms with Crippen LogP contribution in [-0.2, 0) is 11.2 Å². The van der Waals surface area contributed by atoms with E-state index in [4.69, 9.17) is 22.2 Å². The molecule has 21 heavy (non-hydrogen) atoms. The number of rotatable bonds is 6. The van der Waals surface area contributed by atoms with Crippen LogP contribution in [0.15, 0.2) is 18.5 Å². The van der Waals surface area contributed by atoms with Crippen LogP contribution in [-0.4, -0.2) is 23.2 Å². The Kier molecular flexibility index (Phi) is 5.99. The molecule has 0 saturated heterocycles. The van der Waals surface area contributed by atoms with E-state index in [9.17, 15) is 0 Å². The molecule has 5 heteroatoms. The minimum absolute atomic E-state index is 0.0600. The molecule has 4 nitrogen and oxygen atoms in total. The second-order valence-electron chi connectivity index (χ2n) is 6.07. The molecular formula is C16H26ClN3O. The molecule has 3 N–H and O–H groups in total. The number of nitrogens with zero attached hydrogens (tertiary/aromatic N) is 1. The van der Waals surface area contributed by atoms with E-state index < -0.39 is 0 Å². The zero-order valence-electron chi connectivity index (χ0n) is 12.9. The van der Waals surface area contributed by atoms with Gasteiger partial charge in [-0.3, -0.25) is 16.3 Å². The number of hydrogen-bond donors (Lipinski definition) is 2. The lowest BCUT2D eigenvalue weighted by Gasteiger charge is -2.44. The summed E-state index contributed by atoms with van der Waals surface area (Å²) < 4.78 is 6.18. The fourth-order valence-electron chi connectivity index (χ4n) is 3.32. The summed E-state index contributed by atoms with van der Waals surface area (Å²) in [7, 11) is 0. The number of ether oxygens (including phenoxy) is 1. The Morgan fingerprint density at radius 1 is 1.52 bits per heavy atom. The van der Waals surface area contributed by atoms with Crippen LogP contribution in [0.3, 0.4) is 0 Å². The van der Waals surface area contributed by atoms with Crippen molar-refractivity contribution in [2.24, 2.45) is 11.8 Å². The number of pyridine rings is 1. The number of hydrazine groups is 1. The summed E-state index contributed by atoms with van der Waals surface area (Å²) >= 11 is 6.24. The Morgan fingerprint density at radius 2 is 2.24 bits per heavy atom. The number of aromatic nitrogens is 1. The molecule has 1 aromatic rings. The first-order valence-electron chi connectivity index (χ1n) is 7.79. The average molecular weight is 312 g/mol. The molecule has 2 rings (SSSR count). The Labute approximate surface area is 132 Å². The Balaban J connectivity index is 2.18. The highest BCUT2D eigenvalue weighted by Crippen LogP contribution is 2.38. The topological polar surface area (TPSA) is 60.2 Å². The molecule has 1 aliphatic rings. The molecule has 1 atom stereocenters. The van der Waals surface area contributed by atoms with Gasteiger partial charge in [0.15, 0.2) is 0 Å². The van der Waals surface area contributed by atoms with Gasteiger partial charge in [-0.1, -0.05) is 18.5 Å². The fourth-order valence-corrected chi connectivity index (χ4v) is 3.51. The van der Waals surface area contributed by atoms with E-state index in [-0.39, 0.29) is 11.6 Å². The van der Waals surface area contributed by atoms with Gasteiger partial charge in [0.25, 0.3) is 0 Å². The number of nitrogens with one attached hydrogen (secondary N) is 1. The summed E-state index contributed by atoms with van der Waals surface area (Å²) in [6.45, 7) is 5.06. The van der Waals surface area contributed by atoms with Crippen molar-refractivity contribution in [1.29, 1.82) is 0 Å². The number of halogens is 1. The zero-order valence-corrected chi connectivity index (χ0v) is 13.7. The first-order valence-corrected chi connectivity index (χ1v) is 8.17. The van der Waals surface area contributed by atoms with Gasteiger partial charge in [0.2, 0.25) is 0 Å². The highest BCUT2D eigenvalue weighted by molar-refractivity contribution is 6.31. The van der Waals surface area contributed by atoms with E-state index in [0.29, 0.717) is 11.6 Å². The van der Waals surface area contributed by atoms with Gasteiger partial charge < -0.3 is 4.74 Å². The molecule has 0 bridgehead atoms. The summed E-state index contributed by atoms with van der Waals surface area (Å²) in [5, 5.41) is 0.688. The van der Waals surface area contributed by atoms with E-state index in [0.717, 1.165) is 30.7 Å². The highest BCUT2D eigenvalue weighted by atomic mass is 35.5. The monoisotopic (exact) mass is 311 g/mol. The maximum Gasteiger partial charge on any atom is 0.0851 e. The van der Waals surface area contributed by atoms with Crippen LogP contribution in [0.2, 0.25) is 5.02 Å². The van der Waals surface area contributed by atoms with Crippen molar-refractivity contribution in [2.75, 3.05) is 6.61 Å². The van der Waals surface area contributed by atoms with E-state index in [1.165, 1.54) is 12.8 Å². The third-order valence-corrected chi connectivity index (χ3v) is 5.01. The SMILES string of the molecule is CCOC1(C(Cc2ccncc2Cl)NN)CCC(C)CC1. The normalized spacial score (nSPS) is 27.5. The van der Waals surface area contributed by atoms with E-state index in [1.807, 2.05) is 13.0 Å². The van der Waals surface area contributed by atoms with Gasteiger partial charge >= 0.3 is 0 Å². The number of nitrogens with two attached hydrogens (primary N) is 1. The Bertz CT molecular complexity index is 447. The van der Waals surface area contributed by atoms with Gasteiger partial charge in [0.1, 0.15) is 0 Å². The second-order valence-corrected chi connectivity index (χ2v) is 6.48. The zero-order chi connectivity index (χ0) is 15.3. The Hall–Kier alpha value is -0.680. The van der Waals surface area contributed by atoms with Crippen LogP contribution >= 0.6 is 11.6 Å². The predicted molar refractivity (Wildman–Crippen MR) is 86.1 cm³/mol. The molecule has 0 aliphatic heterocycles. The third-order valence-electron chi connectivity index (χ3n) is 4.67. The van der Waals surface area contributed by atoms with Gasteiger partial charge in [0.05, 0.1) is 16.7 Å². The van der Waals surface area contributed by atoms with Crippen molar-refractivity contribution in [3.63, 3.8) is 0 Å². The van der Waals surface area contributed by atoms with Crippen molar-refractivity contribution in [1.82, 2.24) is 10.4 Å². The summed E-state index contributed by atoms with van der Waals surface area (Å²) in [4.78, 5) is 4.04. The molecule has 118 valence electrons. The molecule has 0 radical (unpaired) electrons. The molecular weight excluding hydrogens is 286 g/mol. The first-order chi connectivity index (χ1) is 10.1. The lowest BCUT2D eigenvalue weighted by Crippen LogP contribution is -2.57. The average Bonchev–Trinajstić information content (AvgIpc) is 2.49. The minimum Gasteiger partial charge on any atom is -0.374 e. The fraction of sp³-hybridized carbons (Fsp3) is 0.688. The summed E-state index contributed by atoms with van der Waals surface area (Å²) in [5.74, 6) is 6.63. The minimum atomic E-state index is -0.192. The van der Waals surface area contributed by atoms with Crippen LogP contribution in [0.5, 0.6) is 0 Å². The maximum absolute atomic E-state index is 6.24. The lowest BCUT2D eigenvalue weighted by atomic mass is 9.74. The summed E-state index contributed by atoms with van der Waals surface area (Å²) in [6.07, 6.45) is 8.65. The van der Waals surface area contributed by atoms with Crippen LogP contribution in [0, 0.1) is 5.92 Å². The summed E-state index contributed by atoms with van der Waals surface area (Å²) in [5.41, 5.74) is 3.85. The van der Waals surface area contributed by atoms with Gasteiger partial charge in [-0.25, -0.2) is 0 Å². The molecule has 1 unspecified atom stereocenters. The maximum atomic E-state index is 6.24. The summed E-state index contributed by atoms with van der Waals surface area (Å²) in [6, 6.07) is 2.02. The van der Waals surface area contributed by atoms with E-state index in [2.05, 4.69) is 17.3 Å². The van der Waals surface area contributed by atoms with Gasteiger partial charge in [-0.05, 0) is 56.6 Å². The second kappa shape index (κ2) is 7.54. The molecule has 0 aromatic carbocycles. The van der Waals surface area contributed by atoms with Crippen LogP contribution < -0.4 is 11.3 Å². The standard InChI is InChI=1S/C16H26ClN3O/c1-3-21-16(7-4-12(2)5-8-16)15(20-18)10-13-6-9-19-11-14(13)17/h6,9,11-12,15,20H,3-5,7-8,10,18H2,1-2H3. The smallest absolute Gasteiger partial charge is 0.0851 e. The lowest BCUT2D eigenvalue weighted by molar-refractivity contribution is -0.0961. The molecule has 0 amide bonds. The van der Waals surface area contributed by atoms with Crippen molar-refractivity contribution in [2.45, 2.75) is 57.6 Å². The van der Waals surface area contributed by atoms with Gasteiger partial charge in [0, 0.05) is 19.0 Å². The van der Waals surface area contributed by atoms with E-state index in [1.54, 1.807) is 12.4 Å². The molecule has 1 fully saturated rings. The van der Waals surface area contributed by atoms with Crippen LogP contribution in [0.1, 0.15) is 45.1 Å². The van der Waals surface area contributed by atoms with Crippen molar-refractivity contribution >= 4 is 11.6 Å². The van der Waals surface area contributed by atoms with Crippen LogP contribution in [0.25, 0.3) is 0 Å². The quantitative estimate of drug-likeness (QED) is 0.626. The number of hydrogen-bond acceptors (Lipinski definition) is 4. The van der Waals surface area contributed by atoms with Crippen molar-refractivity contribution < 1.29 is 4.74 Å². The molecule has 0 spiro atoms. The third kappa shape index (κ3) is 3.95.